The molecule has 2 heterocycles. The average molecular weight is 387 g/mol. The van der Waals surface area contributed by atoms with Gasteiger partial charge in [-0.3, -0.25) is 4.79 Å². The van der Waals surface area contributed by atoms with Crippen LogP contribution in [0.1, 0.15) is 23.2 Å². The molecule has 0 aliphatic carbocycles. The summed E-state index contributed by atoms with van der Waals surface area (Å²) >= 11 is 5.87. The number of likely N-dealkylation sites (tertiary alicyclic amines) is 1. The van der Waals surface area contributed by atoms with Gasteiger partial charge in [0, 0.05) is 43.9 Å². The van der Waals surface area contributed by atoms with Gasteiger partial charge >= 0.3 is 0 Å². The first kappa shape index (κ1) is 18.6. The smallest absolute Gasteiger partial charge is 0.253 e. The zero-order valence-electron chi connectivity index (χ0n) is 14.2. The van der Waals surface area contributed by atoms with E-state index in [0.29, 0.717) is 56.2 Å². The van der Waals surface area contributed by atoms with E-state index in [1.54, 1.807) is 40.6 Å². The SMILES string of the molecule is COCCN1C[C@H]2CCN(C(=O)c3ccc(Cl)cc3)CC[C@H]2S1(=O)=O. The van der Waals surface area contributed by atoms with Gasteiger partial charge < -0.3 is 9.64 Å². The summed E-state index contributed by atoms with van der Waals surface area (Å²) in [4.78, 5) is 14.4. The summed E-state index contributed by atoms with van der Waals surface area (Å²) in [7, 11) is -1.73. The summed E-state index contributed by atoms with van der Waals surface area (Å²) in [5.74, 6) is 0.00940. The second-order valence-corrected chi connectivity index (χ2v) is 9.16. The van der Waals surface area contributed by atoms with Crippen molar-refractivity contribution in [2.24, 2.45) is 5.92 Å². The Hall–Kier alpha value is -1.15. The number of rotatable bonds is 4. The molecule has 25 heavy (non-hydrogen) atoms. The normalized spacial score (nSPS) is 26.2. The number of benzene rings is 1. The number of ether oxygens (including phenoxy) is 1. The Bertz CT molecular complexity index is 723. The summed E-state index contributed by atoms with van der Waals surface area (Å²) in [5.41, 5.74) is 0.584. The van der Waals surface area contributed by atoms with Crippen molar-refractivity contribution < 1.29 is 17.9 Å². The third-order valence-corrected chi connectivity index (χ3v) is 7.77. The lowest BCUT2D eigenvalue weighted by Gasteiger charge is -2.22. The fourth-order valence-corrected chi connectivity index (χ4v) is 6.03. The minimum Gasteiger partial charge on any atom is -0.383 e. The molecule has 2 atom stereocenters. The third kappa shape index (κ3) is 3.84. The highest BCUT2D eigenvalue weighted by atomic mass is 35.5. The van der Waals surface area contributed by atoms with Gasteiger partial charge in [-0.2, -0.15) is 4.31 Å². The number of halogens is 1. The summed E-state index contributed by atoms with van der Waals surface area (Å²) in [6.07, 6.45) is 1.18. The summed E-state index contributed by atoms with van der Waals surface area (Å²) in [5, 5.41) is 0.191. The van der Waals surface area contributed by atoms with E-state index in [2.05, 4.69) is 0 Å². The number of amides is 1. The Balaban J connectivity index is 1.68. The fourth-order valence-electron chi connectivity index (χ4n) is 3.69. The van der Waals surface area contributed by atoms with Gasteiger partial charge in [0.25, 0.3) is 5.91 Å². The molecule has 138 valence electrons. The van der Waals surface area contributed by atoms with Crippen LogP contribution in [0.3, 0.4) is 0 Å². The molecule has 0 unspecified atom stereocenters. The number of fused-ring (bicyclic) bond motifs is 1. The van der Waals surface area contributed by atoms with E-state index in [4.69, 9.17) is 16.3 Å². The Morgan fingerprint density at radius 1 is 1.24 bits per heavy atom. The average Bonchev–Trinajstić information content (AvgIpc) is 2.74. The van der Waals surface area contributed by atoms with E-state index >= 15 is 0 Å². The maximum Gasteiger partial charge on any atom is 0.253 e. The van der Waals surface area contributed by atoms with E-state index in [-0.39, 0.29) is 11.8 Å². The molecule has 2 aliphatic heterocycles. The fraction of sp³-hybridized carbons (Fsp3) is 0.588. The van der Waals surface area contributed by atoms with Crippen LogP contribution in [-0.2, 0) is 14.8 Å². The highest BCUT2D eigenvalue weighted by Crippen LogP contribution is 2.34. The van der Waals surface area contributed by atoms with Crippen LogP contribution in [0.15, 0.2) is 24.3 Å². The largest absolute Gasteiger partial charge is 0.383 e. The third-order valence-electron chi connectivity index (χ3n) is 5.08. The standard InChI is InChI=1S/C17H23ClN2O4S/c1-24-11-10-20-12-14-6-8-19(9-7-16(14)25(20,22)23)17(21)13-2-4-15(18)5-3-13/h2-5,14,16H,6-12H2,1H3/t14-,16-/m1/s1. The molecule has 1 aromatic carbocycles. The molecule has 0 saturated carbocycles. The highest BCUT2D eigenvalue weighted by molar-refractivity contribution is 7.90. The highest BCUT2D eigenvalue weighted by Gasteiger charge is 2.46. The van der Waals surface area contributed by atoms with Crippen molar-refractivity contribution >= 4 is 27.5 Å². The van der Waals surface area contributed by atoms with E-state index in [9.17, 15) is 13.2 Å². The molecule has 0 N–H and O–H groups in total. The van der Waals surface area contributed by atoms with E-state index in [1.807, 2.05) is 0 Å². The van der Waals surface area contributed by atoms with Gasteiger partial charge in [-0.1, -0.05) is 11.6 Å². The molecule has 3 rings (SSSR count). The van der Waals surface area contributed by atoms with Crippen molar-refractivity contribution in [2.45, 2.75) is 18.1 Å². The number of sulfonamides is 1. The zero-order chi connectivity index (χ0) is 18.0. The number of carbonyl (C=O) groups is 1. The number of hydrogen-bond acceptors (Lipinski definition) is 4. The lowest BCUT2D eigenvalue weighted by molar-refractivity contribution is 0.0759. The summed E-state index contributed by atoms with van der Waals surface area (Å²) in [6.45, 7) is 2.37. The molecule has 1 aromatic rings. The first-order valence-electron chi connectivity index (χ1n) is 8.46. The first-order valence-corrected chi connectivity index (χ1v) is 10.3. The Labute approximate surface area is 153 Å². The maximum atomic E-state index is 12.7. The number of nitrogens with zero attached hydrogens (tertiary/aromatic N) is 2. The second kappa shape index (κ2) is 7.61. The molecular formula is C17H23ClN2O4S. The van der Waals surface area contributed by atoms with Crippen LogP contribution in [0.4, 0.5) is 0 Å². The predicted molar refractivity (Wildman–Crippen MR) is 96.2 cm³/mol. The van der Waals surface area contributed by atoms with Gasteiger partial charge in [0.15, 0.2) is 0 Å². The van der Waals surface area contributed by atoms with Gasteiger partial charge in [-0.25, -0.2) is 8.42 Å². The zero-order valence-corrected chi connectivity index (χ0v) is 15.8. The van der Waals surface area contributed by atoms with Gasteiger partial charge in [0.1, 0.15) is 0 Å². The van der Waals surface area contributed by atoms with Crippen molar-refractivity contribution in [3.8, 4) is 0 Å². The van der Waals surface area contributed by atoms with Crippen molar-refractivity contribution in [3.05, 3.63) is 34.9 Å². The molecule has 0 spiro atoms. The molecule has 2 fully saturated rings. The van der Waals surface area contributed by atoms with Gasteiger partial charge in [-0.05, 0) is 43.0 Å². The van der Waals surface area contributed by atoms with Crippen LogP contribution in [0, 0.1) is 5.92 Å². The monoisotopic (exact) mass is 386 g/mol. The van der Waals surface area contributed by atoms with Crippen LogP contribution in [-0.4, -0.2) is 68.7 Å². The van der Waals surface area contributed by atoms with Gasteiger partial charge in [-0.15, -0.1) is 0 Å². The molecule has 2 aliphatic rings. The van der Waals surface area contributed by atoms with Crippen molar-refractivity contribution in [1.82, 2.24) is 9.21 Å². The van der Waals surface area contributed by atoms with E-state index in [1.165, 1.54) is 0 Å². The van der Waals surface area contributed by atoms with E-state index < -0.39 is 15.3 Å². The van der Waals surface area contributed by atoms with Crippen molar-refractivity contribution in [3.63, 3.8) is 0 Å². The molecule has 8 heteroatoms. The predicted octanol–water partition coefficient (Wildman–Crippen LogP) is 1.85. The Morgan fingerprint density at radius 3 is 2.60 bits per heavy atom. The Morgan fingerprint density at radius 2 is 1.92 bits per heavy atom. The Kier molecular flexibility index (Phi) is 5.68. The lowest BCUT2D eigenvalue weighted by Crippen LogP contribution is -2.35. The van der Waals surface area contributed by atoms with Crippen LogP contribution in [0.2, 0.25) is 5.02 Å². The quantitative estimate of drug-likeness (QED) is 0.792. The van der Waals surface area contributed by atoms with Crippen LogP contribution < -0.4 is 0 Å². The topological polar surface area (TPSA) is 66.9 Å². The maximum absolute atomic E-state index is 12.7. The molecule has 0 aromatic heterocycles. The van der Waals surface area contributed by atoms with Crippen molar-refractivity contribution in [1.29, 1.82) is 0 Å². The number of carbonyl (C=O) groups excluding carboxylic acids is 1. The van der Waals surface area contributed by atoms with Crippen molar-refractivity contribution in [2.75, 3.05) is 39.9 Å². The van der Waals surface area contributed by atoms with Gasteiger partial charge in [0.2, 0.25) is 10.0 Å². The van der Waals surface area contributed by atoms with Crippen LogP contribution >= 0.6 is 11.6 Å². The van der Waals surface area contributed by atoms with Crippen LogP contribution in [0.25, 0.3) is 0 Å². The van der Waals surface area contributed by atoms with E-state index in [0.717, 1.165) is 0 Å². The minimum absolute atomic E-state index is 0.0646. The molecule has 1 amide bonds. The molecule has 0 bridgehead atoms. The molecular weight excluding hydrogens is 364 g/mol. The second-order valence-electron chi connectivity index (χ2n) is 6.57. The van der Waals surface area contributed by atoms with Gasteiger partial charge in [0.05, 0.1) is 11.9 Å². The lowest BCUT2D eigenvalue weighted by atomic mass is 10.0. The molecule has 2 saturated heterocycles. The number of methoxy groups -OCH3 is 1. The summed E-state index contributed by atoms with van der Waals surface area (Å²) < 4.78 is 32.0. The number of hydrogen-bond donors (Lipinski definition) is 0. The minimum atomic E-state index is -3.31. The molecule has 6 nitrogen and oxygen atoms in total. The molecule has 0 radical (unpaired) electrons. The van der Waals surface area contributed by atoms with Crippen LogP contribution in [0.5, 0.6) is 0 Å². The first-order chi connectivity index (χ1) is 11.9. The summed E-state index contributed by atoms with van der Waals surface area (Å²) in [6, 6.07) is 6.80.